The fourth-order valence-corrected chi connectivity index (χ4v) is 2.72. The smallest absolute Gasteiger partial charge is 0.221 e. The molecule has 0 aliphatic carbocycles. The standard InChI is InChI=1S/C15H21N3O3S/c1-22(20,21)17-10-7-15(19)16-9-4-11-18-12-8-13-5-2-3-6-14(13)18/h2-3,5-6,8,12,17H,4,7,9-11H2,1H3,(H,16,19). The lowest BCUT2D eigenvalue weighted by Gasteiger charge is -2.07. The van der Waals surface area contributed by atoms with Crippen molar-refractivity contribution in [2.24, 2.45) is 0 Å². The number of sulfonamides is 1. The van der Waals surface area contributed by atoms with Crippen LogP contribution in [0.15, 0.2) is 36.5 Å². The van der Waals surface area contributed by atoms with Gasteiger partial charge < -0.3 is 9.88 Å². The van der Waals surface area contributed by atoms with Crippen LogP contribution in [0.5, 0.6) is 0 Å². The van der Waals surface area contributed by atoms with Gasteiger partial charge >= 0.3 is 0 Å². The molecule has 1 heterocycles. The molecule has 1 amide bonds. The van der Waals surface area contributed by atoms with Gasteiger partial charge in [-0.3, -0.25) is 4.79 Å². The van der Waals surface area contributed by atoms with Crippen LogP contribution in [0, 0.1) is 0 Å². The largest absolute Gasteiger partial charge is 0.356 e. The van der Waals surface area contributed by atoms with Crippen LogP contribution in [0.4, 0.5) is 0 Å². The number of aromatic nitrogens is 1. The van der Waals surface area contributed by atoms with Gasteiger partial charge in [0.2, 0.25) is 15.9 Å². The average Bonchev–Trinajstić information content (AvgIpc) is 2.86. The zero-order valence-corrected chi connectivity index (χ0v) is 13.4. The van der Waals surface area contributed by atoms with Gasteiger partial charge in [-0.25, -0.2) is 13.1 Å². The number of carbonyl (C=O) groups excluding carboxylic acids is 1. The van der Waals surface area contributed by atoms with E-state index in [2.05, 4.69) is 32.8 Å². The molecule has 1 aromatic carbocycles. The molecule has 0 fully saturated rings. The first-order valence-electron chi connectivity index (χ1n) is 7.21. The molecule has 0 saturated heterocycles. The quantitative estimate of drug-likeness (QED) is 0.714. The van der Waals surface area contributed by atoms with E-state index in [4.69, 9.17) is 0 Å². The van der Waals surface area contributed by atoms with Crippen LogP contribution in [-0.2, 0) is 21.4 Å². The van der Waals surface area contributed by atoms with E-state index in [1.54, 1.807) is 0 Å². The molecule has 2 rings (SSSR count). The number of rotatable bonds is 8. The first-order chi connectivity index (χ1) is 10.5. The third-order valence-electron chi connectivity index (χ3n) is 3.29. The highest BCUT2D eigenvalue weighted by Gasteiger charge is 2.04. The normalized spacial score (nSPS) is 11.7. The van der Waals surface area contributed by atoms with E-state index in [9.17, 15) is 13.2 Å². The van der Waals surface area contributed by atoms with Gasteiger partial charge in [0.25, 0.3) is 0 Å². The van der Waals surface area contributed by atoms with Crippen molar-refractivity contribution in [2.45, 2.75) is 19.4 Å². The number of nitrogens with one attached hydrogen (secondary N) is 2. The molecule has 120 valence electrons. The fraction of sp³-hybridized carbons (Fsp3) is 0.400. The molecule has 0 spiro atoms. The van der Waals surface area contributed by atoms with Crippen molar-refractivity contribution in [3.05, 3.63) is 36.5 Å². The number of aryl methyl sites for hydroxylation is 1. The van der Waals surface area contributed by atoms with Crippen molar-refractivity contribution in [1.82, 2.24) is 14.6 Å². The summed E-state index contributed by atoms with van der Waals surface area (Å²) >= 11 is 0. The summed E-state index contributed by atoms with van der Waals surface area (Å²) in [5.41, 5.74) is 1.19. The van der Waals surface area contributed by atoms with E-state index in [0.29, 0.717) is 6.54 Å². The van der Waals surface area contributed by atoms with E-state index in [1.807, 2.05) is 18.3 Å². The van der Waals surface area contributed by atoms with Crippen LogP contribution in [0.1, 0.15) is 12.8 Å². The van der Waals surface area contributed by atoms with E-state index in [1.165, 1.54) is 10.9 Å². The first-order valence-corrected chi connectivity index (χ1v) is 9.10. The molecule has 6 nitrogen and oxygen atoms in total. The van der Waals surface area contributed by atoms with Crippen LogP contribution in [0.2, 0.25) is 0 Å². The average molecular weight is 323 g/mol. The molecular weight excluding hydrogens is 302 g/mol. The van der Waals surface area contributed by atoms with Gasteiger partial charge in [-0.1, -0.05) is 18.2 Å². The molecule has 1 aromatic heterocycles. The van der Waals surface area contributed by atoms with Crippen molar-refractivity contribution in [2.75, 3.05) is 19.3 Å². The summed E-state index contributed by atoms with van der Waals surface area (Å²) in [5, 5.41) is 4.00. The highest BCUT2D eigenvalue weighted by Crippen LogP contribution is 2.15. The van der Waals surface area contributed by atoms with Crippen LogP contribution in [-0.4, -0.2) is 38.2 Å². The molecule has 22 heavy (non-hydrogen) atoms. The molecule has 0 unspecified atom stereocenters. The monoisotopic (exact) mass is 323 g/mol. The Morgan fingerprint density at radius 3 is 2.73 bits per heavy atom. The Labute approximate surface area is 130 Å². The fourth-order valence-electron chi connectivity index (χ4n) is 2.25. The van der Waals surface area contributed by atoms with Gasteiger partial charge in [-0.05, 0) is 23.9 Å². The Morgan fingerprint density at radius 1 is 1.18 bits per heavy atom. The number of nitrogens with zero attached hydrogens (tertiary/aromatic N) is 1. The number of hydrogen-bond acceptors (Lipinski definition) is 3. The maximum atomic E-state index is 11.5. The second-order valence-electron chi connectivity index (χ2n) is 5.19. The Balaban J connectivity index is 1.68. The number of benzene rings is 1. The maximum absolute atomic E-state index is 11.5. The maximum Gasteiger partial charge on any atom is 0.221 e. The molecule has 2 N–H and O–H groups in total. The Hall–Kier alpha value is -1.86. The van der Waals surface area contributed by atoms with Crippen LogP contribution >= 0.6 is 0 Å². The summed E-state index contributed by atoms with van der Waals surface area (Å²) < 4.78 is 26.2. The van der Waals surface area contributed by atoms with Gasteiger partial charge in [-0.2, -0.15) is 0 Å². The molecule has 2 aromatic rings. The number of amides is 1. The van der Waals surface area contributed by atoms with Crippen molar-refractivity contribution >= 4 is 26.8 Å². The van der Waals surface area contributed by atoms with Gasteiger partial charge in [0, 0.05) is 37.8 Å². The van der Waals surface area contributed by atoms with Crippen LogP contribution in [0.25, 0.3) is 10.9 Å². The minimum Gasteiger partial charge on any atom is -0.356 e. The summed E-state index contributed by atoms with van der Waals surface area (Å²) in [6, 6.07) is 10.2. The summed E-state index contributed by atoms with van der Waals surface area (Å²) in [5.74, 6) is -0.145. The van der Waals surface area contributed by atoms with E-state index >= 15 is 0 Å². The minimum atomic E-state index is -3.23. The topological polar surface area (TPSA) is 80.2 Å². The molecule has 7 heteroatoms. The molecule has 0 atom stereocenters. The molecule has 0 saturated carbocycles. The predicted molar refractivity (Wildman–Crippen MR) is 87.0 cm³/mol. The van der Waals surface area contributed by atoms with E-state index in [-0.39, 0.29) is 18.9 Å². The van der Waals surface area contributed by atoms with Gasteiger partial charge in [0.05, 0.1) is 6.26 Å². The van der Waals surface area contributed by atoms with Gasteiger partial charge in [0.15, 0.2) is 0 Å². The second kappa shape index (κ2) is 7.42. The number of carbonyl (C=O) groups is 1. The second-order valence-corrected chi connectivity index (χ2v) is 7.02. The van der Waals surface area contributed by atoms with Gasteiger partial charge in [-0.15, -0.1) is 0 Å². The third kappa shape index (κ3) is 5.16. The first kappa shape index (κ1) is 16.5. The summed E-state index contributed by atoms with van der Waals surface area (Å²) in [6.45, 7) is 1.53. The number of hydrogen-bond donors (Lipinski definition) is 2. The molecule has 0 radical (unpaired) electrons. The van der Waals surface area contributed by atoms with E-state index in [0.717, 1.165) is 19.2 Å². The molecule has 0 aliphatic rings. The predicted octanol–water partition coefficient (Wildman–Crippen LogP) is 1.09. The summed E-state index contributed by atoms with van der Waals surface area (Å²) in [7, 11) is -3.23. The highest BCUT2D eigenvalue weighted by atomic mass is 32.2. The lowest BCUT2D eigenvalue weighted by atomic mass is 10.2. The SMILES string of the molecule is CS(=O)(=O)NCCC(=O)NCCCn1ccc2ccccc21. The lowest BCUT2D eigenvalue weighted by molar-refractivity contribution is -0.120. The highest BCUT2D eigenvalue weighted by molar-refractivity contribution is 7.88. The van der Waals surface area contributed by atoms with Crippen molar-refractivity contribution < 1.29 is 13.2 Å². The van der Waals surface area contributed by atoms with Gasteiger partial charge in [0.1, 0.15) is 0 Å². The van der Waals surface area contributed by atoms with Crippen molar-refractivity contribution in [3.63, 3.8) is 0 Å². The summed E-state index contributed by atoms with van der Waals surface area (Å²) in [4.78, 5) is 11.5. The molecule has 0 aliphatic heterocycles. The summed E-state index contributed by atoms with van der Waals surface area (Å²) in [6.07, 6.45) is 4.10. The Bertz CT molecular complexity index is 737. The van der Waals surface area contributed by atoms with Crippen LogP contribution < -0.4 is 10.0 Å². The number of fused-ring (bicyclic) bond motifs is 1. The van der Waals surface area contributed by atoms with Crippen molar-refractivity contribution in [3.8, 4) is 0 Å². The molecular formula is C15H21N3O3S. The zero-order chi connectivity index (χ0) is 16.0. The van der Waals surface area contributed by atoms with Crippen LogP contribution in [0.3, 0.4) is 0 Å². The molecule has 0 bridgehead atoms. The van der Waals surface area contributed by atoms with Crippen molar-refractivity contribution in [1.29, 1.82) is 0 Å². The Kier molecular flexibility index (Phi) is 5.57. The minimum absolute atomic E-state index is 0.132. The zero-order valence-electron chi connectivity index (χ0n) is 12.6. The Morgan fingerprint density at radius 2 is 1.95 bits per heavy atom. The third-order valence-corrected chi connectivity index (χ3v) is 4.02. The lowest BCUT2D eigenvalue weighted by Crippen LogP contribution is -2.30. The number of para-hydroxylation sites is 1. The van der Waals surface area contributed by atoms with E-state index < -0.39 is 10.0 Å².